The molecule has 0 aromatic heterocycles. The second-order valence-electron chi connectivity index (χ2n) is 5.91. The van der Waals surface area contributed by atoms with Gasteiger partial charge in [-0.3, -0.25) is 4.79 Å². The third-order valence-electron chi connectivity index (χ3n) is 4.38. The normalized spacial score (nSPS) is 38.3. The number of carbonyl (C=O) groups is 1. The summed E-state index contributed by atoms with van der Waals surface area (Å²) in [7, 11) is 0. The van der Waals surface area contributed by atoms with Crippen molar-refractivity contribution in [3.8, 4) is 0 Å². The van der Waals surface area contributed by atoms with E-state index in [2.05, 4.69) is 6.92 Å². The van der Waals surface area contributed by atoms with Crippen LogP contribution in [0.25, 0.3) is 0 Å². The lowest BCUT2D eigenvalue weighted by atomic mass is 9.77. The highest BCUT2D eigenvalue weighted by molar-refractivity contribution is 5.79. The van der Waals surface area contributed by atoms with E-state index in [1.165, 1.54) is 0 Å². The van der Waals surface area contributed by atoms with Gasteiger partial charge >= 0.3 is 0 Å². The summed E-state index contributed by atoms with van der Waals surface area (Å²) in [6, 6.07) is 0.0331. The largest absolute Gasteiger partial charge is 0.377 e. The summed E-state index contributed by atoms with van der Waals surface area (Å²) in [5.41, 5.74) is 6.23. The number of amides is 1. The van der Waals surface area contributed by atoms with Crippen LogP contribution in [0.1, 0.15) is 39.5 Å². The van der Waals surface area contributed by atoms with Crippen molar-refractivity contribution >= 4 is 5.91 Å². The van der Waals surface area contributed by atoms with Crippen LogP contribution >= 0.6 is 0 Å². The van der Waals surface area contributed by atoms with Crippen molar-refractivity contribution in [1.29, 1.82) is 0 Å². The van der Waals surface area contributed by atoms with E-state index in [4.69, 9.17) is 10.5 Å². The Morgan fingerprint density at radius 3 is 2.83 bits per heavy atom. The van der Waals surface area contributed by atoms with Gasteiger partial charge in [-0.25, -0.2) is 0 Å². The van der Waals surface area contributed by atoms with E-state index in [-0.39, 0.29) is 24.0 Å². The monoisotopic (exact) mass is 254 g/mol. The molecule has 4 nitrogen and oxygen atoms in total. The number of rotatable bonds is 1. The predicted octanol–water partition coefficient (Wildman–Crippen LogP) is 1.39. The maximum Gasteiger partial charge on any atom is 0.227 e. The number of carbonyl (C=O) groups excluding carboxylic acids is 1. The van der Waals surface area contributed by atoms with Gasteiger partial charge in [-0.05, 0) is 32.1 Å². The van der Waals surface area contributed by atoms with Gasteiger partial charge in [0.1, 0.15) is 0 Å². The van der Waals surface area contributed by atoms with E-state index < -0.39 is 0 Å². The van der Waals surface area contributed by atoms with Crippen molar-refractivity contribution in [2.24, 2.45) is 17.6 Å². The standard InChI is InChI=1S/C14H26N2O2/c1-10-5-3-6-12(13(10)15)14(17)16-7-4-8-18-11(2)9-16/h10-13H,3-9,15H2,1-2H3. The first-order valence-corrected chi connectivity index (χ1v) is 7.25. The predicted molar refractivity (Wildman–Crippen MR) is 71.1 cm³/mol. The van der Waals surface area contributed by atoms with Crippen LogP contribution in [-0.4, -0.2) is 42.6 Å². The molecule has 2 fully saturated rings. The summed E-state index contributed by atoms with van der Waals surface area (Å²) in [6.07, 6.45) is 4.33. The van der Waals surface area contributed by atoms with Crippen molar-refractivity contribution in [1.82, 2.24) is 4.90 Å². The van der Waals surface area contributed by atoms with Crippen molar-refractivity contribution in [3.05, 3.63) is 0 Å². The third kappa shape index (κ3) is 3.04. The maximum absolute atomic E-state index is 12.6. The first kappa shape index (κ1) is 13.8. The minimum atomic E-state index is 0.0269. The minimum absolute atomic E-state index is 0.0269. The van der Waals surface area contributed by atoms with Crippen LogP contribution in [0.5, 0.6) is 0 Å². The summed E-state index contributed by atoms with van der Waals surface area (Å²) < 4.78 is 5.59. The molecule has 0 spiro atoms. The molecule has 4 heteroatoms. The average Bonchev–Trinajstić information content (AvgIpc) is 2.56. The molecule has 2 aliphatic rings. The zero-order chi connectivity index (χ0) is 13.1. The smallest absolute Gasteiger partial charge is 0.227 e. The molecule has 0 aromatic rings. The molecule has 1 aliphatic heterocycles. The summed E-state index contributed by atoms with van der Waals surface area (Å²) in [4.78, 5) is 14.6. The van der Waals surface area contributed by atoms with Crippen LogP contribution in [0.15, 0.2) is 0 Å². The molecular weight excluding hydrogens is 228 g/mol. The summed E-state index contributed by atoms with van der Waals surface area (Å²) in [6.45, 7) is 6.50. The van der Waals surface area contributed by atoms with Crippen LogP contribution in [0.2, 0.25) is 0 Å². The fourth-order valence-electron chi connectivity index (χ4n) is 3.16. The SMILES string of the molecule is CC1CN(C(=O)C2CCCC(C)C2N)CCCO1. The molecule has 1 saturated heterocycles. The fourth-order valence-corrected chi connectivity index (χ4v) is 3.16. The van der Waals surface area contributed by atoms with Gasteiger partial charge in [0.15, 0.2) is 0 Å². The number of hydrogen-bond donors (Lipinski definition) is 1. The molecule has 2 N–H and O–H groups in total. The zero-order valence-corrected chi connectivity index (χ0v) is 11.6. The lowest BCUT2D eigenvalue weighted by Crippen LogP contribution is -2.50. The molecule has 2 rings (SSSR count). The number of nitrogens with two attached hydrogens (primary N) is 1. The van der Waals surface area contributed by atoms with Crippen molar-refractivity contribution in [2.45, 2.75) is 51.7 Å². The van der Waals surface area contributed by atoms with Crippen LogP contribution in [-0.2, 0) is 9.53 Å². The van der Waals surface area contributed by atoms with Gasteiger partial charge in [0.2, 0.25) is 5.91 Å². The fraction of sp³-hybridized carbons (Fsp3) is 0.929. The lowest BCUT2D eigenvalue weighted by molar-refractivity contribution is -0.138. The molecule has 104 valence electrons. The molecule has 18 heavy (non-hydrogen) atoms. The Kier molecular flexibility index (Phi) is 4.62. The van der Waals surface area contributed by atoms with Gasteiger partial charge in [-0.15, -0.1) is 0 Å². The van der Waals surface area contributed by atoms with E-state index in [0.717, 1.165) is 45.4 Å². The number of nitrogens with zero attached hydrogens (tertiary/aromatic N) is 1. The average molecular weight is 254 g/mol. The molecule has 4 unspecified atom stereocenters. The van der Waals surface area contributed by atoms with Crippen molar-refractivity contribution in [2.75, 3.05) is 19.7 Å². The quantitative estimate of drug-likeness (QED) is 0.769. The highest BCUT2D eigenvalue weighted by Gasteiger charge is 2.35. The van der Waals surface area contributed by atoms with E-state index in [1.54, 1.807) is 0 Å². The Labute approximate surface area is 110 Å². The highest BCUT2D eigenvalue weighted by atomic mass is 16.5. The first-order chi connectivity index (χ1) is 8.59. The third-order valence-corrected chi connectivity index (χ3v) is 4.38. The van der Waals surface area contributed by atoms with Gasteiger partial charge < -0.3 is 15.4 Å². The van der Waals surface area contributed by atoms with Gasteiger partial charge in [0.25, 0.3) is 0 Å². The Morgan fingerprint density at radius 2 is 2.06 bits per heavy atom. The van der Waals surface area contributed by atoms with Gasteiger partial charge in [0.05, 0.1) is 12.0 Å². The topological polar surface area (TPSA) is 55.6 Å². The molecule has 1 heterocycles. The second kappa shape index (κ2) is 6.02. The zero-order valence-electron chi connectivity index (χ0n) is 11.6. The summed E-state index contributed by atoms with van der Waals surface area (Å²) >= 11 is 0. The molecule has 0 aromatic carbocycles. The molecule has 1 amide bonds. The maximum atomic E-state index is 12.6. The molecular formula is C14H26N2O2. The van der Waals surface area contributed by atoms with Crippen molar-refractivity contribution < 1.29 is 9.53 Å². The first-order valence-electron chi connectivity index (χ1n) is 7.25. The molecule has 1 saturated carbocycles. The molecule has 0 bridgehead atoms. The Bertz CT molecular complexity index is 296. The highest BCUT2D eigenvalue weighted by Crippen LogP contribution is 2.29. The van der Waals surface area contributed by atoms with Crippen LogP contribution in [0.3, 0.4) is 0 Å². The van der Waals surface area contributed by atoms with E-state index >= 15 is 0 Å². The summed E-state index contributed by atoms with van der Waals surface area (Å²) in [5.74, 6) is 0.749. The van der Waals surface area contributed by atoms with E-state index in [1.807, 2.05) is 11.8 Å². The van der Waals surface area contributed by atoms with Gasteiger partial charge in [-0.1, -0.05) is 13.3 Å². The van der Waals surface area contributed by atoms with Gasteiger partial charge in [0, 0.05) is 25.7 Å². The number of hydrogen-bond acceptors (Lipinski definition) is 3. The molecule has 1 aliphatic carbocycles. The Hall–Kier alpha value is -0.610. The Balaban J connectivity index is 2.00. The lowest BCUT2D eigenvalue weighted by Gasteiger charge is -2.36. The van der Waals surface area contributed by atoms with Crippen LogP contribution in [0.4, 0.5) is 0 Å². The number of ether oxygens (including phenoxy) is 1. The van der Waals surface area contributed by atoms with E-state index in [9.17, 15) is 4.79 Å². The van der Waals surface area contributed by atoms with Crippen LogP contribution < -0.4 is 5.73 Å². The second-order valence-corrected chi connectivity index (χ2v) is 5.91. The Morgan fingerprint density at radius 1 is 1.28 bits per heavy atom. The molecule has 0 radical (unpaired) electrons. The van der Waals surface area contributed by atoms with Crippen LogP contribution in [0, 0.1) is 11.8 Å². The minimum Gasteiger partial charge on any atom is -0.377 e. The molecule has 4 atom stereocenters. The summed E-state index contributed by atoms with van der Waals surface area (Å²) in [5, 5.41) is 0. The van der Waals surface area contributed by atoms with Gasteiger partial charge in [-0.2, -0.15) is 0 Å². The van der Waals surface area contributed by atoms with Crippen molar-refractivity contribution in [3.63, 3.8) is 0 Å². The van der Waals surface area contributed by atoms with E-state index in [0.29, 0.717) is 5.92 Å².